The van der Waals surface area contributed by atoms with Gasteiger partial charge in [0.2, 0.25) is 5.88 Å². The highest BCUT2D eigenvalue weighted by atomic mass is 35.5. The lowest BCUT2D eigenvalue weighted by Gasteiger charge is -2.00. The van der Waals surface area contributed by atoms with Gasteiger partial charge in [-0.1, -0.05) is 23.2 Å². The average molecular weight is 178 g/mol. The van der Waals surface area contributed by atoms with Gasteiger partial charge in [-0.15, -0.1) is 0 Å². The van der Waals surface area contributed by atoms with E-state index in [0.717, 1.165) is 0 Å². The normalized spacial score (nSPS) is 9.50. The summed E-state index contributed by atoms with van der Waals surface area (Å²) in [6.07, 6.45) is 1.53. The molecule has 0 aliphatic heterocycles. The summed E-state index contributed by atoms with van der Waals surface area (Å²) < 4.78 is 4.80. The molecule has 1 aromatic rings. The van der Waals surface area contributed by atoms with Crippen molar-refractivity contribution in [1.29, 1.82) is 0 Å². The Labute approximate surface area is 68.7 Å². The number of ether oxygens (including phenoxy) is 1. The van der Waals surface area contributed by atoms with Crippen LogP contribution in [0.3, 0.4) is 0 Å². The molecule has 0 amide bonds. The van der Waals surface area contributed by atoms with Crippen LogP contribution >= 0.6 is 23.2 Å². The van der Waals surface area contributed by atoms with Gasteiger partial charge in [0.15, 0.2) is 0 Å². The van der Waals surface area contributed by atoms with E-state index in [1.54, 1.807) is 6.07 Å². The van der Waals surface area contributed by atoms with Crippen LogP contribution in [0.15, 0.2) is 12.3 Å². The molecule has 54 valence electrons. The molecule has 0 unspecified atom stereocenters. The van der Waals surface area contributed by atoms with Gasteiger partial charge < -0.3 is 4.74 Å². The summed E-state index contributed by atoms with van der Waals surface area (Å²) in [6.45, 7) is 0. The Morgan fingerprint density at radius 2 is 2.20 bits per heavy atom. The number of nitrogens with zero attached hydrogens (tertiary/aromatic N) is 1. The molecule has 1 aromatic heterocycles. The van der Waals surface area contributed by atoms with Crippen LogP contribution in [0, 0.1) is 0 Å². The largest absolute Gasteiger partial charge is 0.480 e. The molecule has 1 heterocycles. The average Bonchev–Trinajstić information content (AvgIpc) is 1.95. The zero-order chi connectivity index (χ0) is 7.56. The van der Waals surface area contributed by atoms with Crippen molar-refractivity contribution < 1.29 is 4.74 Å². The summed E-state index contributed by atoms with van der Waals surface area (Å²) in [5.41, 5.74) is 0. The maximum Gasteiger partial charge on any atom is 0.233 e. The Balaban J connectivity index is 3.14. The molecule has 0 radical (unpaired) electrons. The molecular weight excluding hydrogens is 173 g/mol. The molecule has 2 nitrogen and oxygen atoms in total. The molecule has 0 saturated heterocycles. The minimum Gasteiger partial charge on any atom is -0.480 e. The fourth-order valence-corrected chi connectivity index (χ4v) is 0.871. The van der Waals surface area contributed by atoms with Crippen molar-refractivity contribution in [3.8, 4) is 5.88 Å². The summed E-state index contributed by atoms with van der Waals surface area (Å²) in [7, 11) is 1.49. The first kappa shape index (κ1) is 7.63. The van der Waals surface area contributed by atoms with Gasteiger partial charge in [0.25, 0.3) is 0 Å². The minimum absolute atomic E-state index is 0.353. The Kier molecular flexibility index (Phi) is 2.35. The lowest BCUT2D eigenvalue weighted by Crippen LogP contribution is -1.87. The molecule has 0 fully saturated rings. The van der Waals surface area contributed by atoms with E-state index < -0.39 is 0 Å². The third-order valence-corrected chi connectivity index (χ3v) is 1.78. The quantitative estimate of drug-likeness (QED) is 0.658. The van der Waals surface area contributed by atoms with Crippen LogP contribution in [0.25, 0.3) is 0 Å². The van der Waals surface area contributed by atoms with E-state index in [2.05, 4.69) is 4.98 Å². The molecule has 0 aliphatic carbocycles. The zero-order valence-corrected chi connectivity index (χ0v) is 6.78. The highest BCUT2D eigenvalue weighted by molar-refractivity contribution is 6.42. The van der Waals surface area contributed by atoms with Crippen molar-refractivity contribution in [3.05, 3.63) is 22.3 Å². The van der Waals surface area contributed by atoms with Crippen molar-refractivity contribution in [3.63, 3.8) is 0 Å². The Hall–Kier alpha value is -0.470. The summed E-state index contributed by atoms with van der Waals surface area (Å²) in [6, 6.07) is 1.60. The fraction of sp³-hybridized carbons (Fsp3) is 0.167. The number of rotatable bonds is 1. The first-order valence-corrected chi connectivity index (χ1v) is 3.35. The molecule has 0 atom stereocenters. The van der Waals surface area contributed by atoms with E-state index in [9.17, 15) is 0 Å². The van der Waals surface area contributed by atoms with Crippen molar-refractivity contribution in [2.75, 3.05) is 7.11 Å². The standard InChI is InChI=1S/C6H5Cl2NO/c1-10-6-5(8)4(7)2-3-9-6/h2-3H,1H3. The van der Waals surface area contributed by atoms with Crippen LogP contribution in [0.1, 0.15) is 0 Å². The van der Waals surface area contributed by atoms with Crippen molar-refractivity contribution in [1.82, 2.24) is 4.98 Å². The third kappa shape index (κ3) is 1.33. The Morgan fingerprint density at radius 1 is 1.50 bits per heavy atom. The summed E-state index contributed by atoms with van der Waals surface area (Å²) >= 11 is 11.3. The topological polar surface area (TPSA) is 22.1 Å². The van der Waals surface area contributed by atoms with Crippen LogP contribution in [0.5, 0.6) is 5.88 Å². The fourth-order valence-electron chi connectivity index (χ4n) is 0.545. The van der Waals surface area contributed by atoms with Crippen LogP contribution < -0.4 is 4.74 Å². The second-order valence-electron chi connectivity index (χ2n) is 1.62. The predicted molar refractivity (Wildman–Crippen MR) is 40.8 cm³/mol. The number of aromatic nitrogens is 1. The lowest BCUT2D eigenvalue weighted by molar-refractivity contribution is 0.398. The summed E-state index contributed by atoms with van der Waals surface area (Å²) in [5.74, 6) is 0.356. The van der Waals surface area contributed by atoms with Crippen LogP contribution in [-0.2, 0) is 0 Å². The first-order chi connectivity index (χ1) is 4.75. The Bertz CT molecular complexity index is 239. The molecule has 10 heavy (non-hydrogen) atoms. The first-order valence-electron chi connectivity index (χ1n) is 2.59. The Morgan fingerprint density at radius 3 is 2.70 bits per heavy atom. The summed E-state index contributed by atoms with van der Waals surface area (Å²) in [4.78, 5) is 3.82. The highest BCUT2D eigenvalue weighted by Crippen LogP contribution is 2.28. The van der Waals surface area contributed by atoms with E-state index in [1.165, 1.54) is 13.3 Å². The number of hydrogen-bond donors (Lipinski definition) is 0. The lowest BCUT2D eigenvalue weighted by atomic mass is 10.5. The molecule has 0 bridgehead atoms. The van der Waals surface area contributed by atoms with Crippen LogP contribution in [-0.4, -0.2) is 12.1 Å². The summed E-state index contributed by atoms with van der Waals surface area (Å²) in [5, 5.41) is 0.806. The zero-order valence-electron chi connectivity index (χ0n) is 5.27. The van der Waals surface area contributed by atoms with Gasteiger partial charge in [-0.2, -0.15) is 0 Å². The minimum atomic E-state index is 0.353. The highest BCUT2D eigenvalue weighted by Gasteiger charge is 2.03. The van der Waals surface area contributed by atoms with E-state index in [4.69, 9.17) is 27.9 Å². The molecule has 0 spiro atoms. The molecule has 1 rings (SSSR count). The van der Waals surface area contributed by atoms with Gasteiger partial charge >= 0.3 is 0 Å². The van der Waals surface area contributed by atoms with Gasteiger partial charge in [0.05, 0.1) is 12.1 Å². The van der Waals surface area contributed by atoms with Crippen LogP contribution in [0.2, 0.25) is 10.0 Å². The molecular formula is C6H5Cl2NO. The van der Waals surface area contributed by atoms with Gasteiger partial charge in [-0.25, -0.2) is 4.98 Å². The second-order valence-corrected chi connectivity index (χ2v) is 2.40. The number of pyridine rings is 1. The van der Waals surface area contributed by atoms with Crippen molar-refractivity contribution in [2.45, 2.75) is 0 Å². The SMILES string of the molecule is COc1nccc(Cl)c1Cl. The predicted octanol–water partition coefficient (Wildman–Crippen LogP) is 2.40. The third-order valence-electron chi connectivity index (χ3n) is 1.00. The van der Waals surface area contributed by atoms with E-state index in [-0.39, 0.29) is 0 Å². The van der Waals surface area contributed by atoms with Crippen molar-refractivity contribution in [2.24, 2.45) is 0 Å². The molecule has 0 aliphatic rings. The monoisotopic (exact) mass is 177 g/mol. The van der Waals surface area contributed by atoms with Gasteiger partial charge in [0.1, 0.15) is 5.02 Å². The molecule has 0 saturated carbocycles. The molecule has 0 N–H and O–H groups in total. The van der Waals surface area contributed by atoms with Crippen LogP contribution in [0.4, 0.5) is 0 Å². The molecule has 4 heteroatoms. The number of halogens is 2. The number of methoxy groups -OCH3 is 1. The second kappa shape index (κ2) is 3.08. The smallest absolute Gasteiger partial charge is 0.233 e. The maximum atomic E-state index is 5.67. The maximum absolute atomic E-state index is 5.67. The van der Waals surface area contributed by atoms with Gasteiger partial charge in [-0.05, 0) is 6.07 Å². The van der Waals surface area contributed by atoms with Gasteiger partial charge in [0, 0.05) is 6.20 Å². The van der Waals surface area contributed by atoms with E-state index >= 15 is 0 Å². The van der Waals surface area contributed by atoms with E-state index in [1.807, 2.05) is 0 Å². The van der Waals surface area contributed by atoms with Gasteiger partial charge in [-0.3, -0.25) is 0 Å². The number of hydrogen-bond acceptors (Lipinski definition) is 2. The molecule has 0 aromatic carbocycles. The van der Waals surface area contributed by atoms with Crippen molar-refractivity contribution >= 4 is 23.2 Å². The van der Waals surface area contributed by atoms with E-state index in [0.29, 0.717) is 15.9 Å².